The normalized spacial score (nSPS) is 10.3. The second-order valence-electron chi connectivity index (χ2n) is 9.45. The molecule has 0 bridgehead atoms. The summed E-state index contributed by atoms with van der Waals surface area (Å²) in [5, 5.41) is 2.57. The zero-order valence-corrected chi connectivity index (χ0v) is 26.2. The fraction of sp³-hybridized carbons (Fsp3) is 0.0811. The quantitative estimate of drug-likeness (QED) is 0.261. The summed E-state index contributed by atoms with van der Waals surface area (Å²) in [6.45, 7) is 0. The Labute approximate surface area is 265 Å². The maximum Gasteiger partial charge on any atom is -0.0246 e. The third-order valence-electron chi connectivity index (χ3n) is 6.70. The van der Waals surface area contributed by atoms with Crippen LogP contribution in [-0.4, -0.2) is 3.21 Å². The minimum atomic E-state index is 0. The van der Waals surface area contributed by atoms with Gasteiger partial charge in [0.25, 0.3) is 0 Å². The molecule has 0 atom stereocenters. The molecule has 198 valence electrons. The first-order chi connectivity index (χ1) is 18.8. The van der Waals surface area contributed by atoms with E-state index in [1.54, 1.807) is 27.4 Å². The topological polar surface area (TPSA) is 0 Å². The van der Waals surface area contributed by atoms with Crippen molar-refractivity contribution < 1.29 is 49.0 Å². The summed E-state index contributed by atoms with van der Waals surface area (Å²) in [5.41, 5.74) is 8.49. The minimum absolute atomic E-state index is 0. The zero-order chi connectivity index (χ0) is 26.0. The van der Waals surface area contributed by atoms with Crippen molar-refractivity contribution in [1.82, 2.24) is 0 Å². The third kappa shape index (κ3) is 8.52. The average molecular weight is 637 g/mol. The van der Waals surface area contributed by atoms with Gasteiger partial charge in [0.05, 0.1) is 0 Å². The SMILES string of the molecule is [Cl-].[Cl-].[Zr+2]=[C](Cc1ccccc1)Cc1ccccc1.[c-]1cccc2ccc3c(c12)Cc1ccccc1-3.c1cc[cH-]c1. The fourth-order valence-electron chi connectivity index (χ4n) is 4.89. The first kappa shape index (κ1) is 31.6. The van der Waals surface area contributed by atoms with Crippen LogP contribution in [-0.2, 0) is 43.5 Å². The molecule has 0 N–H and O–H groups in total. The van der Waals surface area contributed by atoms with Gasteiger partial charge in [-0.15, -0.1) is 40.6 Å². The van der Waals surface area contributed by atoms with Gasteiger partial charge in [-0.1, -0.05) is 42.0 Å². The molecular formula is C37H30Cl2Zr-2. The molecule has 40 heavy (non-hydrogen) atoms. The molecule has 0 nitrogen and oxygen atoms in total. The van der Waals surface area contributed by atoms with Gasteiger partial charge in [-0.25, -0.2) is 12.1 Å². The molecule has 0 aromatic heterocycles. The van der Waals surface area contributed by atoms with Crippen LogP contribution < -0.4 is 24.8 Å². The van der Waals surface area contributed by atoms with E-state index in [2.05, 4.69) is 115 Å². The molecule has 3 heteroatoms. The van der Waals surface area contributed by atoms with Crippen LogP contribution >= 0.6 is 0 Å². The van der Waals surface area contributed by atoms with Crippen LogP contribution in [0.4, 0.5) is 0 Å². The molecule has 6 aromatic rings. The monoisotopic (exact) mass is 634 g/mol. The standard InChI is InChI=1S/C17H11.C15H14.C5H5.2ClH.Zr/c1-3-7-14-12(5-1)9-10-16-15-8-4-2-6-13(15)11-17(14)16;1-3-8-14(9-4-1)12-7-13-15-10-5-2-6-11-15;1-2-4-5-3-1;;;/h1-6,8-10H,11H2;1-6,8-11H,12-13H2;1-5H;2*1H;/q-1;;-1;;;+2/p-2. The molecule has 0 fully saturated rings. The second-order valence-corrected chi connectivity index (χ2v) is 11.2. The van der Waals surface area contributed by atoms with Crippen LogP contribution in [0, 0.1) is 6.07 Å². The Kier molecular flexibility index (Phi) is 12.9. The van der Waals surface area contributed by atoms with E-state index in [4.69, 9.17) is 0 Å². The van der Waals surface area contributed by atoms with E-state index in [9.17, 15) is 0 Å². The second kappa shape index (κ2) is 16.3. The number of hydrogen-bond acceptors (Lipinski definition) is 0. The smallest absolute Gasteiger partial charge is 0.0246 e. The van der Waals surface area contributed by atoms with Crippen LogP contribution in [0.25, 0.3) is 21.9 Å². The summed E-state index contributed by atoms with van der Waals surface area (Å²) in [5.74, 6) is 0. The summed E-state index contributed by atoms with van der Waals surface area (Å²) in [6.07, 6.45) is 3.28. The Balaban J connectivity index is 0.000000181. The van der Waals surface area contributed by atoms with Crippen LogP contribution in [0.2, 0.25) is 0 Å². The van der Waals surface area contributed by atoms with E-state index in [0.29, 0.717) is 0 Å². The van der Waals surface area contributed by atoms with E-state index in [-0.39, 0.29) is 24.8 Å². The van der Waals surface area contributed by atoms with Crippen molar-refractivity contribution >= 4 is 14.0 Å². The average Bonchev–Trinajstić information content (AvgIpc) is 3.67. The Morgan fingerprint density at radius 3 is 1.82 bits per heavy atom. The number of rotatable bonds is 4. The molecule has 0 unspecified atom stereocenters. The van der Waals surface area contributed by atoms with Crippen molar-refractivity contribution in [2.75, 3.05) is 0 Å². The van der Waals surface area contributed by atoms with E-state index in [0.717, 1.165) is 19.3 Å². The summed E-state index contributed by atoms with van der Waals surface area (Å²) >= 11 is 1.55. The van der Waals surface area contributed by atoms with Gasteiger partial charge in [0.1, 0.15) is 0 Å². The maximum atomic E-state index is 3.39. The molecule has 0 aliphatic heterocycles. The van der Waals surface area contributed by atoms with Crippen LogP contribution in [0.1, 0.15) is 22.3 Å². The fourth-order valence-corrected chi connectivity index (χ4v) is 5.89. The van der Waals surface area contributed by atoms with Gasteiger partial charge in [-0.2, -0.15) is 18.2 Å². The van der Waals surface area contributed by atoms with Gasteiger partial charge in [-0.05, 0) is 17.5 Å². The van der Waals surface area contributed by atoms with Crippen molar-refractivity contribution in [2.45, 2.75) is 19.3 Å². The van der Waals surface area contributed by atoms with Crippen molar-refractivity contribution in [2.24, 2.45) is 0 Å². The molecule has 1 aliphatic carbocycles. The molecule has 0 spiro atoms. The Morgan fingerprint density at radius 1 is 0.625 bits per heavy atom. The maximum absolute atomic E-state index is 3.39. The van der Waals surface area contributed by atoms with E-state index in [1.165, 1.54) is 44.2 Å². The largest absolute Gasteiger partial charge is 0.214 e. The predicted molar refractivity (Wildman–Crippen MR) is 158 cm³/mol. The number of halogens is 2. The molecular weight excluding hydrogens is 607 g/mol. The first-order valence-electron chi connectivity index (χ1n) is 13.1. The third-order valence-corrected chi connectivity index (χ3v) is 7.56. The minimum Gasteiger partial charge on any atom is -0.214 e. The molecule has 0 saturated heterocycles. The molecule has 0 amide bonds. The van der Waals surface area contributed by atoms with Gasteiger partial charge in [0.2, 0.25) is 0 Å². The molecule has 7 rings (SSSR count). The van der Waals surface area contributed by atoms with Gasteiger partial charge in [-0.3, -0.25) is 0 Å². The zero-order valence-electron chi connectivity index (χ0n) is 22.2. The van der Waals surface area contributed by atoms with Gasteiger partial charge in [0, 0.05) is 0 Å². The summed E-state index contributed by atoms with van der Waals surface area (Å²) in [7, 11) is 0. The summed E-state index contributed by atoms with van der Waals surface area (Å²) in [4.78, 5) is 0. The van der Waals surface area contributed by atoms with Crippen molar-refractivity contribution in [1.29, 1.82) is 0 Å². The summed E-state index contributed by atoms with van der Waals surface area (Å²) < 4.78 is 1.60. The van der Waals surface area contributed by atoms with Crippen molar-refractivity contribution in [3.8, 4) is 11.1 Å². The van der Waals surface area contributed by atoms with E-state index >= 15 is 0 Å². The molecule has 6 aromatic carbocycles. The molecule has 0 saturated carbocycles. The Hall–Kier alpha value is -2.96. The van der Waals surface area contributed by atoms with Crippen molar-refractivity contribution in [3.63, 3.8) is 0 Å². The van der Waals surface area contributed by atoms with E-state index < -0.39 is 0 Å². The number of benzene rings is 5. The van der Waals surface area contributed by atoms with Crippen LogP contribution in [0.15, 0.2) is 146 Å². The predicted octanol–water partition coefficient (Wildman–Crippen LogP) is 2.82. The van der Waals surface area contributed by atoms with E-state index in [1.807, 2.05) is 36.4 Å². The van der Waals surface area contributed by atoms with Gasteiger partial charge in [0.15, 0.2) is 0 Å². The van der Waals surface area contributed by atoms with Crippen molar-refractivity contribution in [3.05, 3.63) is 174 Å². The number of hydrogen-bond donors (Lipinski definition) is 0. The first-order valence-corrected chi connectivity index (χ1v) is 14.3. The Morgan fingerprint density at radius 2 is 1.23 bits per heavy atom. The number of fused-ring (bicyclic) bond motifs is 5. The summed E-state index contributed by atoms with van der Waals surface area (Å²) in [6, 6.07) is 54.1. The molecule has 1 aliphatic rings. The van der Waals surface area contributed by atoms with Crippen LogP contribution in [0.5, 0.6) is 0 Å². The van der Waals surface area contributed by atoms with Crippen LogP contribution in [0.3, 0.4) is 0 Å². The molecule has 0 heterocycles. The molecule has 0 radical (unpaired) electrons. The van der Waals surface area contributed by atoms with Gasteiger partial charge < -0.3 is 24.8 Å². The van der Waals surface area contributed by atoms with Gasteiger partial charge >= 0.3 is 112 Å². The Bertz CT molecular complexity index is 1530.